The molecule has 4 aromatic rings. The first kappa shape index (κ1) is 18.8. The molecule has 30 heavy (non-hydrogen) atoms. The van der Waals surface area contributed by atoms with Gasteiger partial charge in [0.25, 0.3) is 0 Å². The lowest BCUT2D eigenvalue weighted by atomic mass is 10.0. The van der Waals surface area contributed by atoms with Crippen molar-refractivity contribution in [3.8, 4) is 6.07 Å². The Bertz CT molecular complexity index is 1200. The molecule has 0 unspecified atom stereocenters. The van der Waals surface area contributed by atoms with Crippen molar-refractivity contribution in [3.63, 3.8) is 0 Å². The highest BCUT2D eigenvalue weighted by Crippen LogP contribution is 2.32. The van der Waals surface area contributed by atoms with Gasteiger partial charge >= 0.3 is 0 Å². The van der Waals surface area contributed by atoms with Gasteiger partial charge in [-0.3, -0.25) is 4.68 Å². The number of nitrogens with zero attached hydrogens (tertiary/aromatic N) is 7. The van der Waals surface area contributed by atoms with Crippen LogP contribution in [0, 0.1) is 18.3 Å². The summed E-state index contributed by atoms with van der Waals surface area (Å²) in [4.78, 5) is 15.2. The number of nitrogens with one attached hydrogen (secondary N) is 1. The van der Waals surface area contributed by atoms with Crippen LogP contribution in [0.3, 0.4) is 0 Å². The molecule has 4 aromatic heterocycles. The highest BCUT2D eigenvalue weighted by atomic mass is 15.3. The molecule has 0 bridgehead atoms. The fourth-order valence-electron chi connectivity index (χ4n) is 4.66. The molecule has 1 aliphatic rings. The molecule has 8 nitrogen and oxygen atoms in total. The summed E-state index contributed by atoms with van der Waals surface area (Å²) < 4.78 is 4.51. The van der Waals surface area contributed by atoms with Crippen LogP contribution in [0.1, 0.15) is 36.8 Å². The number of H-pyrrole nitrogens is 1. The van der Waals surface area contributed by atoms with E-state index in [-0.39, 0.29) is 0 Å². The summed E-state index contributed by atoms with van der Waals surface area (Å²) in [6.45, 7) is 5.80. The highest BCUT2D eigenvalue weighted by molar-refractivity contribution is 6.01. The molecule has 0 aliphatic carbocycles. The number of imidazole rings is 1. The van der Waals surface area contributed by atoms with Crippen LogP contribution in [-0.2, 0) is 13.0 Å². The standard InChI is InChI=1S/C22H26N8/c1-16-3-10-26-29(16)14-7-20-27-19-15-25-22-18(4-9-24-22)21(19)30(20)17-5-12-28(13-6-17)11-2-8-23/h3-4,9-10,15,17H,2,5-7,11-14H2,1H3,(H,24,25). The number of aromatic amines is 1. The highest BCUT2D eigenvalue weighted by Gasteiger charge is 2.25. The van der Waals surface area contributed by atoms with Gasteiger partial charge in [0.05, 0.1) is 17.8 Å². The van der Waals surface area contributed by atoms with E-state index < -0.39 is 0 Å². The fraction of sp³-hybridized carbons (Fsp3) is 0.455. The van der Waals surface area contributed by atoms with Gasteiger partial charge in [-0.2, -0.15) is 10.4 Å². The molecule has 5 heterocycles. The molecule has 1 saturated heterocycles. The monoisotopic (exact) mass is 402 g/mol. The Morgan fingerprint density at radius 1 is 1.23 bits per heavy atom. The van der Waals surface area contributed by atoms with E-state index in [1.807, 2.05) is 29.3 Å². The van der Waals surface area contributed by atoms with Crippen molar-refractivity contribution in [1.29, 1.82) is 5.26 Å². The molecular weight excluding hydrogens is 376 g/mol. The largest absolute Gasteiger partial charge is 0.346 e. The van der Waals surface area contributed by atoms with Crippen molar-refractivity contribution in [2.75, 3.05) is 19.6 Å². The van der Waals surface area contributed by atoms with E-state index in [1.54, 1.807) is 0 Å². The van der Waals surface area contributed by atoms with Gasteiger partial charge in [-0.15, -0.1) is 0 Å². The summed E-state index contributed by atoms with van der Waals surface area (Å²) in [5.74, 6) is 1.10. The number of piperidine rings is 1. The summed E-state index contributed by atoms with van der Waals surface area (Å²) >= 11 is 0. The fourth-order valence-corrected chi connectivity index (χ4v) is 4.66. The Hall–Kier alpha value is -3.18. The first-order chi connectivity index (χ1) is 14.7. The van der Waals surface area contributed by atoms with Crippen LogP contribution in [-0.4, -0.2) is 53.8 Å². The van der Waals surface area contributed by atoms with E-state index in [0.29, 0.717) is 12.5 Å². The Labute approximate surface area is 175 Å². The summed E-state index contributed by atoms with van der Waals surface area (Å²) in [6, 6.07) is 6.81. The average molecular weight is 403 g/mol. The number of rotatable bonds is 6. The molecule has 0 amide bonds. The third-order valence-electron chi connectivity index (χ3n) is 6.25. The predicted molar refractivity (Wildman–Crippen MR) is 115 cm³/mol. The zero-order chi connectivity index (χ0) is 20.5. The molecule has 5 rings (SSSR count). The predicted octanol–water partition coefficient (Wildman–Crippen LogP) is 3.21. The molecule has 0 radical (unpaired) electrons. The van der Waals surface area contributed by atoms with Gasteiger partial charge < -0.3 is 14.5 Å². The quantitative estimate of drug-likeness (QED) is 0.535. The van der Waals surface area contributed by atoms with E-state index in [2.05, 4.69) is 43.6 Å². The van der Waals surface area contributed by atoms with Crippen molar-refractivity contribution in [1.82, 2.24) is 34.2 Å². The smallest absolute Gasteiger partial charge is 0.139 e. The van der Waals surface area contributed by atoms with E-state index in [9.17, 15) is 0 Å². The molecule has 1 aliphatic heterocycles. The third kappa shape index (κ3) is 3.35. The molecule has 1 fully saturated rings. The normalized spacial score (nSPS) is 15.9. The molecule has 0 atom stereocenters. The van der Waals surface area contributed by atoms with Gasteiger partial charge in [0, 0.05) is 68.5 Å². The third-order valence-corrected chi connectivity index (χ3v) is 6.25. The first-order valence-electron chi connectivity index (χ1n) is 10.6. The summed E-state index contributed by atoms with van der Waals surface area (Å²) in [7, 11) is 0. The molecular formula is C22H26N8. The van der Waals surface area contributed by atoms with Gasteiger partial charge in [0.2, 0.25) is 0 Å². The van der Waals surface area contributed by atoms with Crippen LogP contribution in [0.15, 0.2) is 30.7 Å². The van der Waals surface area contributed by atoms with Gasteiger partial charge in [0.1, 0.15) is 17.0 Å². The zero-order valence-corrected chi connectivity index (χ0v) is 17.3. The Kier molecular flexibility index (Phi) is 4.97. The van der Waals surface area contributed by atoms with E-state index in [1.165, 1.54) is 5.52 Å². The maximum Gasteiger partial charge on any atom is 0.139 e. The van der Waals surface area contributed by atoms with Crippen molar-refractivity contribution < 1.29 is 0 Å². The van der Waals surface area contributed by atoms with E-state index in [4.69, 9.17) is 10.2 Å². The second kappa shape index (κ2) is 7.92. The van der Waals surface area contributed by atoms with Crippen LogP contribution in [0.4, 0.5) is 0 Å². The molecule has 154 valence electrons. The lowest BCUT2D eigenvalue weighted by molar-refractivity contribution is 0.190. The molecule has 0 saturated carbocycles. The summed E-state index contributed by atoms with van der Waals surface area (Å²) in [5.41, 5.74) is 4.22. The Morgan fingerprint density at radius 2 is 2.10 bits per heavy atom. The number of likely N-dealkylation sites (tertiary alicyclic amines) is 1. The van der Waals surface area contributed by atoms with Gasteiger partial charge in [-0.1, -0.05) is 0 Å². The molecule has 0 aromatic carbocycles. The topological polar surface area (TPSA) is 91.3 Å². The SMILES string of the molecule is Cc1ccnn1CCc1nc2cnc3[nH]ccc3c2n1C1CCN(CCC#N)CC1. The van der Waals surface area contributed by atoms with E-state index in [0.717, 1.165) is 73.5 Å². The minimum Gasteiger partial charge on any atom is -0.346 e. The maximum absolute atomic E-state index is 8.89. The van der Waals surface area contributed by atoms with Crippen molar-refractivity contribution in [2.45, 2.75) is 45.2 Å². The van der Waals surface area contributed by atoms with Crippen LogP contribution < -0.4 is 0 Å². The van der Waals surface area contributed by atoms with Crippen LogP contribution in [0.25, 0.3) is 22.1 Å². The lowest BCUT2D eigenvalue weighted by Gasteiger charge is -2.33. The lowest BCUT2D eigenvalue weighted by Crippen LogP contribution is -2.35. The number of hydrogen-bond acceptors (Lipinski definition) is 5. The average Bonchev–Trinajstić information content (AvgIpc) is 3.48. The molecule has 1 N–H and O–H groups in total. The van der Waals surface area contributed by atoms with Gasteiger partial charge in [0.15, 0.2) is 0 Å². The number of pyridine rings is 1. The summed E-state index contributed by atoms with van der Waals surface area (Å²) in [5, 5.41) is 14.5. The van der Waals surface area contributed by atoms with E-state index >= 15 is 0 Å². The van der Waals surface area contributed by atoms with Crippen LogP contribution in [0.2, 0.25) is 0 Å². The zero-order valence-electron chi connectivity index (χ0n) is 17.3. The number of aryl methyl sites for hydroxylation is 3. The minimum absolute atomic E-state index is 0.405. The number of nitriles is 1. The Balaban J connectivity index is 1.50. The minimum atomic E-state index is 0.405. The van der Waals surface area contributed by atoms with Crippen molar-refractivity contribution in [3.05, 3.63) is 42.2 Å². The van der Waals surface area contributed by atoms with Gasteiger partial charge in [-0.05, 0) is 31.9 Å². The van der Waals surface area contributed by atoms with Crippen LogP contribution >= 0.6 is 0 Å². The number of fused-ring (bicyclic) bond motifs is 3. The van der Waals surface area contributed by atoms with Crippen molar-refractivity contribution in [2.24, 2.45) is 0 Å². The second-order valence-corrected chi connectivity index (χ2v) is 8.06. The number of hydrogen-bond donors (Lipinski definition) is 1. The second-order valence-electron chi connectivity index (χ2n) is 8.06. The first-order valence-corrected chi connectivity index (χ1v) is 10.6. The Morgan fingerprint density at radius 3 is 2.87 bits per heavy atom. The van der Waals surface area contributed by atoms with Gasteiger partial charge in [-0.25, -0.2) is 9.97 Å². The maximum atomic E-state index is 8.89. The summed E-state index contributed by atoms with van der Waals surface area (Å²) in [6.07, 6.45) is 9.25. The van der Waals surface area contributed by atoms with Crippen molar-refractivity contribution >= 4 is 22.1 Å². The van der Waals surface area contributed by atoms with Crippen LogP contribution in [0.5, 0.6) is 0 Å². The number of aromatic nitrogens is 6. The molecule has 0 spiro atoms. The molecule has 8 heteroatoms.